The molecule has 0 bridgehead atoms. The smallest absolute Gasteiger partial charge is 0.407 e. The first-order chi connectivity index (χ1) is 11.8. The molecule has 25 heavy (non-hydrogen) atoms. The van der Waals surface area contributed by atoms with E-state index >= 15 is 0 Å². The quantitative estimate of drug-likeness (QED) is 0.883. The van der Waals surface area contributed by atoms with E-state index in [9.17, 15) is 4.79 Å². The maximum Gasteiger partial charge on any atom is 0.407 e. The fourth-order valence-corrected chi connectivity index (χ4v) is 2.88. The van der Waals surface area contributed by atoms with Crippen molar-refractivity contribution in [2.45, 2.75) is 45.6 Å². The summed E-state index contributed by atoms with van der Waals surface area (Å²) < 4.78 is 11.4. The Balaban J connectivity index is 1.84. The lowest BCUT2D eigenvalue weighted by Crippen LogP contribution is -2.35. The molecule has 1 aliphatic rings. The Labute approximate surface area is 148 Å². The number of fused-ring (bicyclic) bond motifs is 2. The third-order valence-electron chi connectivity index (χ3n) is 3.96. The van der Waals surface area contributed by atoms with E-state index < -0.39 is 11.7 Å². The van der Waals surface area contributed by atoms with Crippen molar-refractivity contribution in [2.24, 2.45) is 0 Å². The van der Waals surface area contributed by atoms with Crippen LogP contribution in [-0.4, -0.2) is 23.2 Å². The van der Waals surface area contributed by atoms with Gasteiger partial charge < -0.3 is 14.8 Å². The van der Waals surface area contributed by atoms with Gasteiger partial charge in [-0.2, -0.15) is 0 Å². The van der Waals surface area contributed by atoms with Gasteiger partial charge in [-0.1, -0.05) is 18.2 Å². The number of hydrogen-bond acceptors (Lipinski definition) is 4. The highest BCUT2D eigenvalue weighted by atomic mass is 16.6. The van der Waals surface area contributed by atoms with Crippen molar-refractivity contribution in [3.05, 3.63) is 53.3 Å². The number of hydrogen-bond donors (Lipinski definition) is 1. The second-order valence-electron chi connectivity index (χ2n) is 7.33. The highest BCUT2D eigenvalue weighted by Gasteiger charge is 2.26. The number of rotatable bonds is 2. The lowest BCUT2D eigenvalue weighted by atomic mass is 9.95. The van der Waals surface area contributed by atoms with Crippen LogP contribution in [0.2, 0.25) is 0 Å². The number of carbonyl (C=O) groups excluding carboxylic acids is 1. The monoisotopic (exact) mass is 340 g/mol. The summed E-state index contributed by atoms with van der Waals surface area (Å²) in [7, 11) is 0. The molecule has 0 radical (unpaired) electrons. The minimum Gasteiger partial charge on any atom is -0.455 e. The normalized spacial score (nSPS) is 16.1. The van der Waals surface area contributed by atoms with Crippen molar-refractivity contribution in [1.82, 2.24) is 10.3 Å². The number of nitrogens with one attached hydrogen (secondary N) is 1. The van der Waals surface area contributed by atoms with Crippen molar-refractivity contribution in [1.29, 1.82) is 0 Å². The Bertz CT molecular complexity index is 781. The van der Waals surface area contributed by atoms with Crippen molar-refractivity contribution >= 4 is 6.09 Å². The van der Waals surface area contributed by atoms with Gasteiger partial charge in [0.05, 0.1) is 5.69 Å². The van der Waals surface area contributed by atoms with Crippen molar-refractivity contribution in [3.63, 3.8) is 0 Å². The predicted molar refractivity (Wildman–Crippen MR) is 96.2 cm³/mol. The molecule has 0 saturated heterocycles. The number of amides is 1. The number of benzene rings is 1. The Morgan fingerprint density at radius 2 is 2.00 bits per heavy atom. The van der Waals surface area contributed by atoms with Gasteiger partial charge in [-0.3, -0.25) is 4.98 Å². The van der Waals surface area contributed by atoms with E-state index in [1.165, 1.54) is 0 Å². The number of ether oxygens (including phenoxy) is 2. The largest absolute Gasteiger partial charge is 0.455 e. The first kappa shape index (κ1) is 17.3. The molecule has 1 aliphatic heterocycles. The van der Waals surface area contributed by atoms with Gasteiger partial charge in [-0.05, 0) is 57.9 Å². The molecule has 0 unspecified atom stereocenters. The number of aryl methyl sites for hydroxylation is 1. The summed E-state index contributed by atoms with van der Waals surface area (Å²) in [6.07, 6.45) is 0.329. The molecule has 132 valence electrons. The topological polar surface area (TPSA) is 60.5 Å². The number of para-hydroxylation sites is 1. The Kier molecular flexibility index (Phi) is 4.66. The van der Waals surface area contributed by atoms with Gasteiger partial charge in [0.15, 0.2) is 0 Å². The third kappa shape index (κ3) is 4.29. The highest BCUT2D eigenvalue weighted by Crippen LogP contribution is 2.38. The molecule has 1 atom stereocenters. The van der Waals surface area contributed by atoms with Crippen LogP contribution in [0.25, 0.3) is 0 Å². The molecular formula is C20H24N2O3. The summed E-state index contributed by atoms with van der Waals surface area (Å²) in [5.74, 6) is 1.60. The molecule has 1 amide bonds. The maximum atomic E-state index is 12.0. The Morgan fingerprint density at radius 3 is 2.76 bits per heavy atom. The summed E-state index contributed by atoms with van der Waals surface area (Å²) in [6.45, 7) is 7.94. The summed E-state index contributed by atoms with van der Waals surface area (Å²) in [5.41, 5.74) is 2.38. The van der Waals surface area contributed by atoms with E-state index in [2.05, 4.69) is 16.4 Å². The molecule has 5 heteroatoms. The lowest BCUT2D eigenvalue weighted by Gasteiger charge is -2.21. The minimum absolute atomic E-state index is 0.0195. The molecular weight excluding hydrogens is 316 g/mol. The van der Waals surface area contributed by atoms with Crippen molar-refractivity contribution in [3.8, 4) is 11.5 Å². The minimum atomic E-state index is -0.518. The molecule has 3 rings (SSSR count). The van der Waals surface area contributed by atoms with E-state index in [1.807, 2.05) is 58.0 Å². The average Bonchev–Trinajstić information content (AvgIpc) is 2.67. The van der Waals surface area contributed by atoms with E-state index in [1.54, 1.807) is 0 Å². The van der Waals surface area contributed by atoms with Crippen LogP contribution in [0.1, 0.15) is 43.6 Å². The average molecular weight is 340 g/mol. The third-order valence-corrected chi connectivity index (χ3v) is 3.96. The molecule has 0 spiro atoms. The summed E-state index contributed by atoms with van der Waals surface area (Å²) in [6, 6.07) is 11.8. The van der Waals surface area contributed by atoms with Gasteiger partial charge in [0.2, 0.25) is 0 Å². The first-order valence-corrected chi connectivity index (χ1v) is 8.52. The fraction of sp³-hybridized carbons (Fsp3) is 0.400. The molecule has 1 aromatic heterocycles. The number of alkyl carbamates (subject to hydrolysis) is 1. The van der Waals surface area contributed by atoms with Crippen LogP contribution in [0.5, 0.6) is 11.5 Å². The zero-order chi connectivity index (χ0) is 18.0. The van der Waals surface area contributed by atoms with Gasteiger partial charge in [0, 0.05) is 18.2 Å². The van der Waals surface area contributed by atoms with Gasteiger partial charge in [-0.25, -0.2) is 4.79 Å². The Hall–Kier alpha value is -2.56. The van der Waals surface area contributed by atoms with Gasteiger partial charge in [0.25, 0.3) is 0 Å². The zero-order valence-electron chi connectivity index (χ0n) is 15.1. The van der Waals surface area contributed by atoms with Crippen LogP contribution in [0, 0.1) is 6.92 Å². The first-order valence-electron chi connectivity index (χ1n) is 8.52. The second-order valence-corrected chi connectivity index (χ2v) is 7.33. The predicted octanol–water partition coefficient (Wildman–Crippen LogP) is 4.35. The van der Waals surface area contributed by atoms with Crippen molar-refractivity contribution in [2.75, 3.05) is 6.54 Å². The van der Waals surface area contributed by atoms with E-state index in [4.69, 9.17) is 9.47 Å². The van der Waals surface area contributed by atoms with Crippen LogP contribution >= 0.6 is 0 Å². The highest BCUT2D eigenvalue weighted by molar-refractivity contribution is 5.67. The van der Waals surface area contributed by atoms with Gasteiger partial charge >= 0.3 is 6.09 Å². The molecule has 5 nitrogen and oxygen atoms in total. The zero-order valence-corrected chi connectivity index (χ0v) is 15.1. The van der Waals surface area contributed by atoms with Crippen LogP contribution in [0.4, 0.5) is 4.79 Å². The van der Waals surface area contributed by atoms with Crippen LogP contribution in [0.15, 0.2) is 36.4 Å². The molecule has 2 heterocycles. The van der Waals surface area contributed by atoms with Crippen LogP contribution in [0.3, 0.4) is 0 Å². The number of aromatic nitrogens is 1. The lowest BCUT2D eigenvalue weighted by molar-refractivity contribution is 0.0524. The fourth-order valence-electron chi connectivity index (χ4n) is 2.88. The standard InChI is InChI=1S/C20H24N2O3/c1-13-9-10-17-18(22-13)15(12-21-19(23)25-20(2,3)4)11-14-7-5-6-8-16(14)24-17/h5-10,15H,11-12H2,1-4H3,(H,21,23)/t15-/m1/s1. The van der Waals surface area contributed by atoms with E-state index in [0.717, 1.165) is 34.9 Å². The molecule has 2 aromatic rings. The number of carbonyl (C=O) groups is 1. The summed E-state index contributed by atoms with van der Waals surface area (Å²) >= 11 is 0. The summed E-state index contributed by atoms with van der Waals surface area (Å²) in [5, 5.41) is 2.87. The van der Waals surface area contributed by atoms with E-state index in [0.29, 0.717) is 6.54 Å². The molecule has 0 saturated carbocycles. The second kappa shape index (κ2) is 6.75. The molecule has 1 aromatic carbocycles. The number of pyridine rings is 1. The van der Waals surface area contributed by atoms with Crippen molar-refractivity contribution < 1.29 is 14.3 Å². The maximum absolute atomic E-state index is 12.0. The van der Waals surface area contributed by atoms with Gasteiger partial charge in [-0.15, -0.1) is 0 Å². The Morgan fingerprint density at radius 1 is 1.24 bits per heavy atom. The number of nitrogens with zero attached hydrogens (tertiary/aromatic N) is 1. The molecule has 0 aliphatic carbocycles. The van der Waals surface area contributed by atoms with Crippen LogP contribution < -0.4 is 10.1 Å². The summed E-state index contributed by atoms with van der Waals surface area (Å²) in [4.78, 5) is 16.7. The molecule has 0 fully saturated rings. The van der Waals surface area contributed by atoms with Gasteiger partial charge in [0.1, 0.15) is 17.1 Å². The van der Waals surface area contributed by atoms with Crippen LogP contribution in [-0.2, 0) is 11.2 Å². The van der Waals surface area contributed by atoms with E-state index in [-0.39, 0.29) is 5.92 Å². The SMILES string of the molecule is Cc1ccc2c(n1)[C@@H](CNC(=O)OC(C)(C)C)Cc1ccccc1O2. The molecule has 1 N–H and O–H groups in total.